The lowest BCUT2D eigenvalue weighted by Gasteiger charge is -2.14. The molecule has 0 spiro atoms. The van der Waals surface area contributed by atoms with Gasteiger partial charge in [0.1, 0.15) is 18.1 Å². The Bertz CT molecular complexity index is 793. The molecule has 0 saturated carbocycles. The van der Waals surface area contributed by atoms with E-state index in [0.29, 0.717) is 21.8 Å². The largest absolute Gasteiger partial charge is 0.497 e. The first-order chi connectivity index (χ1) is 11.3. The lowest BCUT2D eigenvalue weighted by atomic mass is 10.1. The maximum Gasteiger partial charge on any atom is 0.241 e. The zero-order valence-corrected chi connectivity index (χ0v) is 15.2. The van der Waals surface area contributed by atoms with Gasteiger partial charge in [0.2, 0.25) is 10.0 Å². The fourth-order valence-electron chi connectivity index (χ4n) is 2.58. The van der Waals surface area contributed by atoms with Crippen molar-refractivity contribution < 1.29 is 17.9 Å². The molecule has 0 saturated heterocycles. The minimum absolute atomic E-state index is 0.196. The maximum absolute atomic E-state index is 12.5. The van der Waals surface area contributed by atoms with Gasteiger partial charge in [-0.15, -0.1) is 0 Å². The second-order valence-corrected chi connectivity index (χ2v) is 7.31. The number of para-hydroxylation sites is 1. The van der Waals surface area contributed by atoms with Crippen molar-refractivity contribution in [1.29, 1.82) is 0 Å². The number of sulfonamides is 1. The summed E-state index contributed by atoms with van der Waals surface area (Å²) >= 11 is 0. The maximum atomic E-state index is 12.5. The van der Waals surface area contributed by atoms with Gasteiger partial charge in [-0.25, -0.2) is 13.1 Å². The minimum atomic E-state index is -3.60. The highest BCUT2D eigenvalue weighted by Gasteiger charge is 2.20. The zero-order chi connectivity index (χ0) is 17.7. The number of nitrogens with one attached hydrogen (secondary N) is 1. The summed E-state index contributed by atoms with van der Waals surface area (Å²) in [6, 6.07) is 11.1. The SMILES string of the molecule is COc1cc(C)c(S(=O)(=O)NCCOc2ccccc2C)c(C)c1. The Kier molecular flexibility index (Phi) is 5.85. The molecule has 0 unspecified atom stereocenters. The van der Waals surface area contributed by atoms with Crippen LogP contribution in [0.15, 0.2) is 41.3 Å². The smallest absolute Gasteiger partial charge is 0.241 e. The average molecular weight is 349 g/mol. The number of methoxy groups -OCH3 is 1. The molecule has 2 aromatic carbocycles. The molecular formula is C18H23NO4S. The van der Waals surface area contributed by atoms with Crippen molar-refractivity contribution in [3.63, 3.8) is 0 Å². The second kappa shape index (κ2) is 7.68. The van der Waals surface area contributed by atoms with Gasteiger partial charge in [-0.2, -0.15) is 0 Å². The number of hydrogen-bond donors (Lipinski definition) is 1. The highest BCUT2D eigenvalue weighted by Crippen LogP contribution is 2.25. The first-order valence-corrected chi connectivity index (χ1v) is 9.17. The monoisotopic (exact) mass is 349 g/mol. The predicted octanol–water partition coefficient (Wildman–Crippen LogP) is 2.98. The van der Waals surface area contributed by atoms with Crippen LogP contribution in [0.4, 0.5) is 0 Å². The van der Waals surface area contributed by atoms with E-state index in [1.54, 1.807) is 33.1 Å². The molecule has 0 aliphatic rings. The Hall–Kier alpha value is -2.05. The van der Waals surface area contributed by atoms with Gasteiger partial charge in [0.15, 0.2) is 0 Å². The van der Waals surface area contributed by atoms with E-state index in [0.717, 1.165) is 11.3 Å². The summed E-state index contributed by atoms with van der Waals surface area (Å²) in [6.07, 6.45) is 0. The third-order valence-corrected chi connectivity index (χ3v) is 5.45. The van der Waals surface area contributed by atoms with Crippen LogP contribution in [0.3, 0.4) is 0 Å². The summed E-state index contributed by atoms with van der Waals surface area (Å²) in [6.45, 7) is 5.92. The molecule has 0 bridgehead atoms. The Morgan fingerprint density at radius 2 is 1.62 bits per heavy atom. The highest BCUT2D eigenvalue weighted by molar-refractivity contribution is 7.89. The number of benzene rings is 2. The van der Waals surface area contributed by atoms with Gasteiger partial charge < -0.3 is 9.47 Å². The fourth-order valence-corrected chi connectivity index (χ4v) is 4.04. The van der Waals surface area contributed by atoms with Crippen LogP contribution in [0.2, 0.25) is 0 Å². The van der Waals surface area contributed by atoms with Crippen molar-refractivity contribution in [3.8, 4) is 11.5 Å². The van der Waals surface area contributed by atoms with Gasteiger partial charge in [-0.3, -0.25) is 0 Å². The lowest BCUT2D eigenvalue weighted by Crippen LogP contribution is -2.29. The molecule has 0 fully saturated rings. The van der Waals surface area contributed by atoms with Gasteiger partial charge in [-0.05, 0) is 55.7 Å². The van der Waals surface area contributed by atoms with Crippen LogP contribution in [0.5, 0.6) is 11.5 Å². The molecular weight excluding hydrogens is 326 g/mol. The molecule has 0 amide bonds. The van der Waals surface area contributed by atoms with Crippen LogP contribution >= 0.6 is 0 Å². The molecule has 0 heterocycles. The summed E-state index contributed by atoms with van der Waals surface area (Å²) in [5, 5.41) is 0. The molecule has 0 aliphatic carbocycles. The zero-order valence-electron chi connectivity index (χ0n) is 14.4. The van der Waals surface area contributed by atoms with Crippen molar-refractivity contribution in [2.24, 2.45) is 0 Å². The Morgan fingerprint density at radius 1 is 1.00 bits per heavy atom. The fraction of sp³-hybridized carbons (Fsp3) is 0.333. The Labute approximate surface area is 143 Å². The van der Waals surface area contributed by atoms with Crippen LogP contribution < -0.4 is 14.2 Å². The van der Waals surface area contributed by atoms with Gasteiger partial charge >= 0.3 is 0 Å². The van der Waals surface area contributed by atoms with Gasteiger partial charge in [0.05, 0.1) is 12.0 Å². The summed E-state index contributed by atoms with van der Waals surface area (Å²) < 4.78 is 38.5. The normalized spacial score (nSPS) is 11.3. The predicted molar refractivity (Wildman–Crippen MR) is 94.3 cm³/mol. The lowest BCUT2D eigenvalue weighted by molar-refractivity contribution is 0.320. The van der Waals surface area contributed by atoms with Crippen LogP contribution in [0, 0.1) is 20.8 Å². The topological polar surface area (TPSA) is 64.6 Å². The molecule has 2 aromatic rings. The van der Waals surface area contributed by atoms with Crippen molar-refractivity contribution in [1.82, 2.24) is 4.72 Å². The number of aryl methyl sites for hydroxylation is 3. The van der Waals surface area contributed by atoms with E-state index in [9.17, 15) is 8.42 Å². The van der Waals surface area contributed by atoms with Crippen LogP contribution in [-0.4, -0.2) is 28.7 Å². The molecule has 2 rings (SSSR count). The molecule has 6 heteroatoms. The van der Waals surface area contributed by atoms with Gasteiger partial charge in [0, 0.05) is 6.54 Å². The minimum Gasteiger partial charge on any atom is -0.497 e. The molecule has 0 atom stereocenters. The van der Waals surface area contributed by atoms with Crippen LogP contribution in [0.1, 0.15) is 16.7 Å². The van der Waals surface area contributed by atoms with Crippen LogP contribution in [0.25, 0.3) is 0 Å². The first kappa shape index (κ1) is 18.3. The van der Waals surface area contributed by atoms with E-state index in [1.165, 1.54) is 0 Å². The van der Waals surface area contributed by atoms with Crippen molar-refractivity contribution in [2.45, 2.75) is 25.7 Å². The summed E-state index contributed by atoms with van der Waals surface area (Å²) in [4.78, 5) is 0.291. The van der Waals surface area contributed by atoms with Crippen molar-refractivity contribution in [3.05, 3.63) is 53.1 Å². The van der Waals surface area contributed by atoms with E-state index >= 15 is 0 Å². The standard InChI is InChI=1S/C18H23NO4S/c1-13-7-5-6-8-17(13)23-10-9-19-24(20,21)18-14(2)11-16(22-4)12-15(18)3/h5-8,11-12,19H,9-10H2,1-4H3. The summed E-state index contributed by atoms with van der Waals surface area (Å²) in [5.41, 5.74) is 2.32. The number of ether oxygens (including phenoxy) is 2. The first-order valence-electron chi connectivity index (χ1n) is 7.68. The summed E-state index contributed by atoms with van der Waals surface area (Å²) in [7, 11) is -2.04. The molecule has 24 heavy (non-hydrogen) atoms. The van der Waals surface area contributed by atoms with E-state index in [4.69, 9.17) is 9.47 Å². The van der Waals surface area contributed by atoms with E-state index in [2.05, 4.69) is 4.72 Å². The third-order valence-electron chi connectivity index (χ3n) is 3.68. The molecule has 1 N–H and O–H groups in total. The Morgan fingerprint density at radius 3 is 2.21 bits per heavy atom. The second-order valence-electron chi connectivity index (χ2n) is 5.60. The molecule has 0 aliphatic heterocycles. The molecule has 0 aromatic heterocycles. The summed E-state index contributed by atoms with van der Waals surface area (Å²) in [5.74, 6) is 1.40. The van der Waals surface area contributed by atoms with Crippen molar-refractivity contribution in [2.75, 3.05) is 20.3 Å². The van der Waals surface area contributed by atoms with E-state index in [1.807, 2.05) is 31.2 Å². The Balaban J connectivity index is 2.03. The molecule has 5 nitrogen and oxygen atoms in total. The van der Waals surface area contributed by atoms with Gasteiger partial charge in [-0.1, -0.05) is 18.2 Å². The van der Waals surface area contributed by atoms with Crippen LogP contribution in [-0.2, 0) is 10.0 Å². The number of hydrogen-bond acceptors (Lipinski definition) is 4. The average Bonchev–Trinajstić information content (AvgIpc) is 2.52. The highest BCUT2D eigenvalue weighted by atomic mass is 32.2. The molecule has 130 valence electrons. The van der Waals surface area contributed by atoms with Crippen molar-refractivity contribution >= 4 is 10.0 Å². The molecule has 0 radical (unpaired) electrons. The number of rotatable bonds is 7. The third kappa shape index (κ3) is 4.27. The van der Waals surface area contributed by atoms with Gasteiger partial charge in [0.25, 0.3) is 0 Å². The quantitative estimate of drug-likeness (QED) is 0.781. The van der Waals surface area contributed by atoms with E-state index in [-0.39, 0.29) is 13.2 Å². The van der Waals surface area contributed by atoms with E-state index < -0.39 is 10.0 Å².